The Balaban J connectivity index is 1.83. The zero-order valence-corrected chi connectivity index (χ0v) is 15.8. The summed E-state index contributed by atoms with van der Waals surface area (Å²) < 4.78 is 9.99. The lowest BCUT2D eigenvalue weighted by Crippen LogP contribution is -2.39. The normalized spacial score (nSPS) is 11.8. The van der Waals surface area contributed by atoms with Crippen LogP contribution in [0, 0.1) is 13.8 Å². The van der Waals surface area contributed by atoms with E-state index in [1.165, 1.54) is 9.13 Å². The molecular weight excluding hydrogens is 356 g/mol. The Hall–Kier alpha value is -3.61. The maximum Gasteiger partial charge on any atom is 0.332 e. The highest BCUT2D eigenvalue weighted by Gasteiger charge is 2.21. The average molecular weight is 374 g/mol. The molecule has 0 saturated carbocycles. The largest absolute Gasteiger partial charge is 0.428 e. The molecule has 0 saturated heterocycles. The van der Waals surface area contributed by atoms with Crippen molar-refractivity contribution < 1.29 is 4.42 Å². The molecule has 140 valence electrons. The Bertz CT molecular complexity index is 1510. The van der Waals surface area contributed by atoms with Crippen molar-refractivity contribution in [1.82, 2.24) is 18.5 Å². The van der Waals surface area contributed by atoms with Gasteiger partial charge in [-0.05, 0) is 30.2 Å². The minimum Gasteiger partial charge on any atom is -0.428 e. The topological polar surface area (TPSA) is 74.4 Å². The van der Waals surface area contributed by atoms with E-state index in [1.54, 1.807) is 11.4 Å². The predicted molar refractivity (Wildman–Crippen MR) is 107 cm³/mol. The summed E-state index contributed by atoms with van der Waals surface area (Å²) in [5.41, 5.74) is 1.61. The smallest absolute Gasteiger partial charge is 0.332 e. The van der Waals surface area contributed by atoms with Gasteiger partial charge in [-0.15, -0.1) is 0 Å². The fourth-order valence-corrected chi connectivity index (χ4v) is 3.79. The molecule has 0 amide bonds. The predicted octanol–water partition coefficient (Wildman–Crippen LogP) is 2.76. The Morgan fingerprint density at radius 3 is 2.61 bits per heavy atom. The van der Waals surface area contributed by atoms with Crippen molar-refractivity contribution in [3.8, 4) is 0 Å². The number of aryl methyl sites for hydroxylation is 3. The van der Waals surface area contributed by atoms with Crippen LogP contribution in [0.5, 0.6) is 0 Å². The zero-order chi connectivity index (χ0) is 19.6. The molecule has 0 radical (unpaired) electrons. The van der Waals surface area contributed by atoms with Gasteiger partial charge in [0.1, 0.15) is 5.76 Å². The molecule has 28 heavy (non-hydrogen) atoms. The molecule has 0 atom stereocenters. The van der Waals surface area contributed by atoms with Crippen LogP contribution in [-0.2, 0) is 13.6 Å². The van der Waals surface area contributed by atoms with Crippen LogP contribution in [0.1, 0.15) is 17.0 Å². The van der Waals surface area contributed by atoms with E-state index in [2.05, 4.69) is 4.98 Å². The van der Waals surface area contributed by atoms with E-state index >= 15 is 0 Å². The molecule has 0 spiro atoms. The van der Waals surface area contributed by atoms with Gasteiger partial charge in [-0.25, -0.2) is 4.79 Å². The Labute approximate surface area is 159 Å². The van der Waals surface area contributed by atoms with Gasteiger partial charge < -0.3 is 4.42 Å². The highest BCUT2D eigenvalue weighted by molar-refractivity contribution is 5.85. The molecule has 0 aliphatic rings. The van der Waals surface area contributed by atoms with Gasteiger partial charge in [-0.3, -0.25) is 18.3 Å². The fourth-order valence-electron chi connectivity index (χ4n) is 3.79. The van der Waals surface area contributed by atoms with E-state index < -0.39 is 5.69 Å². The van der Waals surface area contributed by atoms with Crippen molar-refractivity contribution in [2.24, 2.45) is 7.05 Å². The number of hydrogen-bond donors (Lipinski definition) is 0. The summed E-state index contributed by atoms with van der Waals surface area (Å²) in [6, 6.07) is 13.8. The van der Waals surface area contributed by atoms with Crippen LogP contribution in [0.25, 0.3) is 27.8 Å². The van der Waals surface area contributed by atoms with E-state index in [4.69, 9.17) is 4.42 Å². The number of fused-ring (bicyclic) bond motifs is 4. The minimum atomic E-state index is -0.402. The Morgan fingerprint density at radius 1 is 1.04 bits per heavy atom. The second-order valence-electron chi connectivity index (χ2n) is 7.02. The lowest BCUT2D eigenvalue weighted by atomic mass is 10.0. The highest BCUT2D eigenvalue weighted by Crippen LogP contribution is 2.21. The summed E-state index contributed by atoms with van der Waals surface area (Å²) in [7, 11) is 1.62. The molecule has 0 bridgehead atoms. The van der Waals surface area contributed by atoms with Crippen LogP contribution in [0.4, 0.5) is 0 Å². The van der Waals surface area contributed by atoms with Gasteiger partial charge in [0.05, 0.1) is 12.2 Å². The molecular formula is C21H18N4O3. The molecule has 0 aliphatic heterocycles. The van der Waals surface area contributed by atoms with Gasteiger partial charge in [0.15, 0.2) is 11.2 Å². The van der Waals surface area contributed by atoms with E-state index in [1.807, 2.05) is 56.3 Å². The number of benzene rings is 2. The van der Waals surface area contributed by atoms with Crippen molar-refractivity contribution in [3.05, 3.63) is 80.3 Å². The van der Waals surface area contributed by atoms with E-state index in [0.29, 0.717) is 22.8 Å². The van der Waals surface area contributed by atoms with Crippen molar-refractivity contribution in [1.29, 1.82) is 0 Å². The van der Waals surface area contributed by atoms with E-state index in [0.717, 1.165) is 22.0 Å². The zero-order valence-electron chi connectivity index (χ0n) is 15.8. The summed E-state index contributed by atoms with van der Waals surface area (Å²) in [6.45, 7) is 3.88. The summed E-state index contributed by atoms with van der Waals surface area (Å²) in [4.78, 5) is 30.6. The first-order valence-corrected chi connectivity index (χ1v) is 9.02. The second kappa shape index (κ2) is 5.69. The van der Waals surface area contributed by atoms with Gasteiger partial charge in [0.25, 0.3) is 5.56 Å². The standard InChI is InChI=1S/C21H18N4O3/c1-12-13(2)28-20-22-18-17(25(12)20)19(26)24(21(27)23(18)3)11-15-9-6-8-14-7-4-5-10-16(14)15/h4-10H,11H2,1-3H3. The minimum absolute atomic E-state index is 0.186. The van der Waals surface area contributed by atoms with E-state index in [-0.39, 0.29) is 12.1 Å². The van der Waals surface area contributed by atoms with E-state index in [9.17, 15) is 9.59 Å². The van der Waals surface area contributed by atoms with Gasteiger partial charge in [0, 0.05) is 7.05 Å². The van der Waals surface area contributed by atoms with Crippen molar-refractivity contribution in [3.63, 3.8) is 0 Å². The second-order valence-corrected chi connectivity index (χ2v) is 7.02. The molecule has 0 unspecified atom stereocenters. The third kappa shape index (κ3) is 2.13. The van der Waals surface area contributed by atoms with Crippen LogP contribution >= 0.6 is 0 Å². The molecule has 0 fully saturated rings. The molecule has 3 heterocycles. The summed E-state index contributed by atoms with van der Waals surface area (Å²) in [5, 5.41) is 2.09. The summed E-state index contributed by atoms with van der Waals surface area (Å²) in [5.74, 6) is 1.01. The maximum absolute atomic E-state index is 13.3. The van der Waals surface area contributed by atoms with Crippen molar-refractivity contribution in [2.75, 3.05) is 0 Å². The third-order valence-corrected chi connectivity index (χ3v) is 5.41. The molecule has 7 heteroatoms. The van der Waals surface area contributed by atoms with Crippen LogP contribution in [-0.4, -0.2) is 18.5 Å². The number of rotatable bonds is 2. The molecule has 5 rings (SSSR count). The monoisotopic (exact) mass is 374 g/mol. The molecule has 5 aromatic rings. The number of hydrogen-bond acceptors (Lipinski definition) is 4. The summed E-state index contributed by atoms with van der Waals surface area (Å²) >= 11 is 0. The number of oxazole rings is 1. The van der Waals surface area contributed by atoms with Gasteiger partial charge in [0.2, 0.25) is 0 Å². The quantitative estimate of drug-likeness (QED) is 0.476. The SMILES string of the molecule is Cc1oc2nc3c(c(=O)n(Cc4cccc5ccccc45)c(=O)n3C)n2c1C. The number of aromatic nitrogens is 4. The third-order valence-electron chi connectivity index (χ3n) is 5.41. The van der Waals surface area contributed by atoms with Gasteiger partial charge in [-0.1, -0.05) is 42.5 Å². The molecule has 0 N–H and O–H groups in total. The lowest BCUT2D eigenvalue weighted by Gasteiger charge is -2.10. The molecule has 0 aliphatic carbocycles. The molecule has 3 aromatic heterocycles. The fraction of sp³-hybridized carbons (Fsp3) is 0.190. The first-order chi connectivity index (χ1) is 13.5. The molecule has 2 aromatic carbocycles. The first-order valence-electron chi connectivity index (χ1n) is 9.02. The van der Waals surface area contributed by atoms with Crippen LogP contribution < -0.4 is 11.2 Å². The number of imidazole rings is 1. The maximum atomic E-state index is 13.3. The van der Waals surface area contributed by atoms with Crippen molar-refractivity contribution in [2.45, 2.75) is 20.4 Å². The van der Waals surface area contributed by atoms with Crippen LogP contribution in [0.3, 0.4) is 0 Å². The van der Waals surface area contributed by atoms with Gasteiger partial charge >= 0.3 is 11.5 Å². The first kappa shape index (κ1) is 16.6. The average Bonchev–Trinajstić information content (AvgIpc) is 3.20. The molecule has 7 nitrogen and oxygen atoms in total. The number of nitrogens with zero attached hydrogens (tertiary/aromatic N) is 4. The highest BCUT2D eigenvalue weighted by atomic mass is 16.4. The lowest BCUT2D eigenvalue weighted by molar-refractivity contribution is 0.561. The van der Waals surface area contributed by atoms with Gasteiger partial charge in [-0.2, -0.15) is 4.98 Å². The Morgan fingerprint density at radius 2 is 1.79 bits per heavy atom. The Kier molecular flexibility index (Phi) is 3.37. The van der Waals surface area contributed by atoms with Crippen molar-refractivity contribution >= 4 is 27.8 Å². The summed E-state index contributed by atoms with van der Waals surface area (Å²) in [6.07, 6.45) is 0. The van der Waals surface area contributed by atoms with Crippen LogP contribution in [0.15, 0.2) is 56.5 Å². The van der Waals surface area contributed by atoms with Crippen LogP contribution in [0.2, 0.25) is 0 Å².